The molecule has 0 aliphatic rings. The molecule has 0 saturated heterocycles. The van der Waals surface area contributed by atoms with Crippen molar-refractivity contribution >= 4 is 37.9 Å². The first kappa shape index (κ1) is 20.7. The summed E-state index contributed by atoms with van der Waals surface area (Å²) in [5.41, 5.74) is 5.00. The number of nitrogens with one attached hydrogen (secondary N) is 2. The molecule has 1 aromatic heterocycles. The normalized spacial score (nSPS) is 13.4. The van der Waals surface area contributed by atoms with Crippen molar-refractivity contribution in [1.29, 1.82) is 0 Å². The molecule has 24 heavy (non-hydrogen) atoms. The lowest BCUT2D eigenvalue weighted by atomic mass is 10.2. The molecule has 10 heteroatoms. The minimum atomic E-state index is -3.85. The zero-order chi connectivity index (χ0) is 18.5. The zero-order valence-electron chi connectivity index (χ0n) is 14.1. The lowest BCUT2D eigenvalue weighted by Gasteiger charge is -2.23. The van der Waals surface area contributed by atoms with E-state index in [2.05, 4.69) is 31.0 Å². The average molecular weight is 423 g/mol. The third-order valence-corrected chi connectivity index (χ3v) is 4.76. The molecule has 0 saturated carbocycles. The van der Waals surface area contributed by atoms with Crippen molar-refractivity contribution in [3.05, 3.63) is 16.7 Å². The Morgan fingerprint density at radius 1 is 1.46 bits per heavy atom. The van der Waals surface area contributed by atoms with Gasteiger partial charge in [0.05, 0.1) is 0 Å². The predicted molar refractivity (Wildman–Crippen MR) is 95.0 cm³/mol. The number of rotatable bonds is 6. The van der Waals surface area contributed by atoms with E-state index in [1.807, 2.05) is 6.92 Å². The van der Waals surface area contributed by atoms with Crippen LogP contribution in [0.25, 0.3) is 0 Å². The second-order valence-corrected chi connectivity index (χ2v) is 8.79. The first-order valence-corrected chi connectivity index (χ1v) is 9.62. The van der Waals surface area contributed by atoms with Crippen molar-refractivity contribution in [2.45, 2.75) is 50.7 Å². The number of hydrogen-bond acceptors (Lipinski definition) is 6. The van der Waals surface area contributed by atoms with Gasteiger partial charge in [0.2, 0.25) is 10.0 Å². The molecular formula is C14H23BrN4O4S. The smallest absolute Gasteiger partial charge is 0.407 e. The van der Waals surface area contributed by atoms with Gasteiger partial charge in [-0.2, -0.15) is 0 Å². The maximum atomic E-state index is 12.3. The van der Waals surface area contributed by atoms with Crippen LogP contribution >= 0.6 is 15.9 Å². The Morgan fingerprint density at radius 3 is 2.62 bits per heavy atom. The van der Waals surface area contributed by atoms with Crippen LogP contribution in [0.4, 0.5) is 10.6 Å². The topological polar surface area (TPSA) is 123 Å². The van der Waals surface area contributed by atoms with Crippen LogP contribution in [-0.2, 0) is 14.8 Å². The molecule has 8 nitrogen and oxygen atoms in total. The van der Waals surface area contributed by atoms with Gasteiger partial charge in [0, 0.05) is 23.3 Å². The molecule has 1 atom stereocenters. The minimum Gasteiger partial charge on any atom is -0.444 e. The van der Waals surface area contributed by atoms with Gasteiger partial charge in [0.1, 0.15) is 16.3 Å². The Labute approximate surface area is 150 Å². The molecule has 0 aromatic carbocycles. The van der Waals surface area contributed by atoms with Gasteiger partial charge in [-0.05, 0) is 49.2 Å². The third-order valence-electron chi connectivity index (χ3n) is 2.87. The largest absolute Gasteiger partial charge is 0.444 e. The number of sulfonamides is 1. The van der Waals surface area contributed by atoms with Crippen LogP contribution in [0, 0.1) is 0 Å². The lowest BCUT2D eigenvalue weighted by molar-refractivity contribution is 0.0503. The number of halogens is 1. The summed E-state index contributed by atoms with van der Waals surface area (Å²) in [6.07, 6.45) is 1.33. The van der Waals surface area contributed by atoms with E-state index in [0.29, 0.717) is 10.9 Å². The summed E-state index contributed by atoms with van der Waals surface area (Å²) in [7, 11) is -3.85. The molecule has 136 valence electrons. The van der Waals surface area contributed by atoms with E-state index in [4.69, 9.17) is 10.5 Å². The van der Waals surface area contributed by atoms with Gasteiger partial charge >= 0.3 is 6.09 Å². The van der Waals surface area contributed by atoms with Crippen LogP contribution in [0.2, 0.25) is 0 Å². The molecule has 1 rings (SSSR count). The molecule has 0 bridgehead atoms. The molecule has 1 heterocycles. The van der Waals surface area contributed by atoms with Crippen LogP contribution in [0.15, 0.2) is 21.6 Å². The molecule has 0 fully saturated rings. The fourth-order valence-electron chi connectivity index (χ4n) is 1.71. The number of nitrogens with zero attached hydrogens (tertiary/aromatic N) is 1. The summed E-state index contributed by atoms with van der Waals surface area (Å²) in [6, 6.07) is 0.948. The van der Waals surface area contributed by atoms with Crippen molar-refractivity contribution in [3.63, 3.8) is 0 Å². The van der Waals surface area contributed by atoms with Gasteiger partial charge in [-0.1, -0.05) is 6.92 Å². The van der Waals surface area contributed by atoms with Crippen molar-refractivity contribution in [3.8, 4) is 0 Å². The number of hydrogen-bond donors (Lipinski definition) is 3. The second kappa shape index (κ2) is 8.13. The fraction of sp³-hybridized carbons (Fsp3) is 0.571. The second-order valence-electron chi connectivity index (χ2n) is 6.14. The van der Waals surface area contributed by atoms with E-state index in [1.54, 1.807) is 20.8 Å². The van der Waals surface area contributed by atoms with Gasteiger partial charge in [-0.15, -0.1) is 0 Å². The van der Waals surface area contributed by atoms with Crippen LogP contribution in [0.1, 0.15) is 34.1 Å². The van der Waals surface area contributed by atoms with Crippen LogP contribution in [0.5, 0.6) is 0 Å². The molecule has 1 amide bonds. The molecule has 0 unspecified atom stereocenters. The summed E-state index contributed by atoms with van der Waals surface area (Å²) >= 11 is 3.16. The van der Waals surface area contributed by atoms with Crippen molar-refractivity contribution in [2.75, 3.05) is 12.3 Å². The Hall–Kier alpha value is -1.39. The Bertz CT molecular complexity index is 689. The summed E-state index contributed by atoms with van der Waals surface area (Å²) in [5.74, 6) is -0.0983. The van der Waals surface area contributed by atoms with E-state index in [0.717, 1.165) is 0 Å². The van der Waals surface area contributed by atoms with E-state index in [9.17, 15) is 13.2 Å². The van der Waals surface area contributed by atoms with Crippen LogP contribution in [-0.4, -0.2) is 37.7 Å². The standard InChI is InChI=1S/C14H23BrN4O4S/c1-5-10(19-13(20)23-14(2,3)4)8-18-24(21,22)11-6-9(15)7-17-12(11)16/h6-7,10,18H,5,8H2,1-4H3,(H2,16,17)(H,19,20)/t10-/m1/s1. The highest BCUT2D eigenvalue weighted by Crippen LogP contribution is 2.20. The van der Waals surface area contributed by atoms with Gasteiger partial charge in [-0.25, -0.2) is 22.9 Å². The monoisotopic (exact) mass is 422 g/mol. The third kappa shape index (κ3) is 6.62. The van der Waals surface area contributed by atoms with Crippen LogP contribution in [0.3, 0.4) is 0 Å². The minimum absolute atomic E-state index is 0.00400. The summed E-state index contributed by atoms with van der Waals surface area (Å²) in [6.45, 7) is 7.08. The first-order chi connectivity index (χ1) is 10.9. The molecule has 0 spiro atoms. The van der Waals surface area contributed by atoms with E-state index < -0.39 is 27.8 Å². The van der Waals surface area contributed by atoms with Gasteiger partial charge < -0.3 is 15.8 Å². The average Bonchev–Trinajstić information content (AvgIpc) is 2.44. The molecule has 4 N–H and O–H groups in total. The Balaban J connectivity index is 2.74. The number of carbonyl (C=O) groups is 1. The lowest BCUT2D eigenvalue weighted by Crippen LogP contribution is -2.45. The highest BCUT2D eigenvalue weighted by Gasteiger charge is 2.22. The molecule has 0 radical (unpaired) electrons. The summed E-state index contributed by atoms with van der Waals surface area (Å²) < 4.78 is 32.8. The number of alkyl carbamates (subject to hydrolysis) is 1. The number of carbonyl (C=O) groups excluding carboxylic acids is 1. The quantitative estimate of drug-likeness (QED) is 0.643. The van der Waals surface area contributed by atoms with Crippen LogP contribution < -0.4 is 15.8 Å². The maximum Gasteiger partial charge on any atom is 0.407 e. The summed E-state index contributed by atoms with van der Waals surface area (Å²) in [5, 5.41) is 2.63. The SMILES string of the molecule is CC[C@H](CNS(=O)(=O)c1cc(Br)cnc1N)NC(=O)OC(C)(C)C. The van der Waals surface area contributed by atoms with Gasteiger partial charge in [-0.3, -0.25) is 0 Å². The molecule has 1 aromatic rings. The number of amides is 1. The number of anilines is 1. The first-order valence-electron chi connectivity index (χ1n) is 7.35. The fourth-order valence-corrected chi connectivity index (χ4v) is 3.38. The Morgan fingerprint density at radius 2 is 2.08 bits per heavy atom. The number of nitrogen functional groups attached to an aromatic ring is 1. The number of ether oxygens (including phenoxy) is 1. The van der Waals surface area contributed by atoms with E-state index in [-0.39, 0.29) is 17.3 Å². The van der Waals surface area contributed by atoms with Gasteiger partial charge in [0.15, 0.2) is 0 Å². The van der Waals surface area contributed by atoms with E-state index in [1.165, 1.54) is 12.3 Å². The highest BCUT2D eigenvalue weighted by molar-refractivity contribution is 9.10. The number of pyridine rings is 1. The molecule has 0 aliphatic carbocycles. The molecule has 0 aliphatic heterocycles. The van der Waals surface area contributed by atoms with Crippen molar-refractivity contribution < 1.29 is 17.9 Å². The number of aromatic nitrogens is 1. The van der Waals surface area contributed by atoms with Crippen molar-refractivity contribution in [2.24, 2.45) is 0 Å². The van der Waals surface area contributed by atoms with E-state index >= 15 is 0 Å². The number of nitrogens with two attached hydrogens (primary N) is 1. The zero-order valence-corrected chi connectivity index (χ0v) is 16.5. The summed E-state index contributed by atoms with van der Waals surface area (Å²) in [4.78, 5) is 15.5. The van der Waals surface area contributed by atoms with Crippen molar-refractivity contribution in [1.82, 2.24) is 15.0 Å². The molecular weight excluding hydrogens is 400 g/mol. The highest BCUT2D eigenvalue weighted by atomic mass is 79.9. The maximum absolute atomic E-state index is 12.3. The Kier molecular flexibility index (Phi) is 6.99. The predicted octanol–water partition coefficient (Wildman–Crippen LogP) is 2.01. The van der Waals surface area contributed by atoms with Gasteiger partial charge in [0.25, 0.3) is 0 Å².